The van der Waals surface area contributed by atoms with E-state index in [4.69, 9.17) is 0 Å². The first-order valence-corrected chi connectivity index (χ1v) is 10.2. The van der Waals surface area contributed by atoms with Crippen LogP contribution >= 0.6 is 0 Å². The number of rotatable bonds is 6. The van der Waals surface area contributed by atoms with E-state index in [1.54, 1.807) is 0 Å². The van der Waals surface area contributed by atoms with E-state index in [-0.39, 0.29) is 35.3 Å². The lowest BCUT2D eigenvalue weighted by Crippen LogP contribution is -2.33. The second-order valence-corrected chi connectivity index (χ2v) is 9.09. The lowest BCUT2D eigenvalue weighted by atomic mass is 9.94. The fourth-order valence-electron chi connectivity index (χ4n) is 3.12. The number of nitrogens with one attached hydrogen (secondary N) is 1. The van der Waals surface area contributed by atoms with E-state index in [2.05, 4.69) is 50.4 Å². The van der Waals surface area contributed by atoms with E-state index in [0.29, 0.717) is 12.8 Å². The van der Waals surface area contributed by atoms with Gasteiger partial charge < -0.3 is 5.32 Å². The van der Waals surface area contributed by atoms with Crippen molar-refractivity contribution in [2.24, 2.45) is 11.8 Å². The molecule has 4 nitrogen and oxygen atoms in total. The average molecular weight is 337 g/mol. The van der Waals surface area contributed by atoms with Crippen molar-refractivity contribution in [3.63, 3.8) is 0 Å². The fraction of sp³-hybridized carbons (Fsp3) is 0.611. The van der Waals surface area contributed by atoms with Gasteiger partial charge in [-0.15, -0.1) is 0 Å². The molecule has 1 saturated heterocycles. The predicted molar refractivity (Wildman–Crippen MR) is 92.9 cm³/mol. The molecule has 1 heterocycles. The number of carbonyl (C=O) groups excluding carboxylic acids is 1. The van der Waals surface area contributed by atoms with Crippen LogP contribution in [0.5, 0.6) is 0 Å². The van der Waals surface area contributed by atoms with Gasteiger partial charge in [0, 0.05) is 6.42 Å². The van der Waals surface area contributed by atoms with Gasteiger partial charge in [0.05, 0.1) is 17.5 Å². The maximum absolute atomic E-state index is 12.3. The molecule has 0 spiro atoms. The number of amides is 1. The summed E-state index contributed by atoms with van der Waals surface area (Å²) in [6.07, 6.45) is 1.90. The third-order valence-electron chi connectivity index (χ3n) is 4.53. The SMILES string of the molecule is CCc1ccc([C@H](NC(=O)C[C@@H]2CCS(=O)(=O)C2)C(C)C)cc1. The molecule has 23 heavy (non-hydrogen) atoms. The molecule has 0 aliphatic carbocycles. The van der Waals surface area contributed by atoms with Crippen molar-refractivity contribution in [3.05, 3.63) is 35.4 Å². The molecule has 0 radical (unpaired) electrons. The van der Waals surface area contributed by atoms with Gasteiger partial charge in [0.15, 0.2) is 9.84 Å². The largest absolute Gasteiger partial charge is 0.349 e. The molecule has 1 aromatic rings. The third kappa shape index (κ3) is 5.06. The standard InChI is InChI=1S/C18H27NO3S/c1-4-14-5-7-16(8-6-14)18(13(2)3)19-17(20)11-15-9-10-23(21,22)12-15/h5-8,13,15,18H,4,9-12H2,1-3H3,(H,19,20)/t15-,18+/m0/s1. The van der Waals surface area contributed by atoms with Crippen molar-refractivity contribution in [2.45, 2.75) is 46.1 Å². The zero-order valence-electron chi connectivity index (χ0n) is 14.2. The monoisotopic (exact) mass is 337 g/mol. The maximum atomic E-state index is 12.3. The first kappa shape index (κ1) is 18.0. The third-order valence-corrected chi connectivity index (χ3v) is 6.37. The van der Waals surface area contributed by atoms with Crippen LogP contribution in [0.1, 0.15) is 50.8 Å². The average Bonchev–Trinajstić information content (AvgIpc) is 2.83. The molecule has 1 aliphatic heterocycles. The topological polar surface area (TPSA) is 63.2 Å². The second-order valence-electron chi connectivity index (χ2n) is 6.86. The minimum absolute atomic E-state index is 0.0321. The Hall–Kier alpha value is -1.36. The Morgan fingerprint density at radius 1 is 1.26 bits per heavy atom. The highest BCUT2D eigenvalue weighted by molar-refractivity contribution is 7.91. The van der Waals surface area contributed by atoms with Crippen LogP contribution in [-0.4, -0.2) is 25.8 Å². The van der Waals surface area contributed by atoms with Gasteiger partial charge in [-0.3, -0.25) is 4.79 Å². The molecule has 5 heteroatoms. The van der Waals surface area contributed by atoms with Crippen LogP contribution in [0, 0.1) is 11.8 Å². The summed E-state index contributed by atoms with van der Waals surface area (Å²) in [7, 11) is -2.93. The highest BCUT2D eigenvalue weighted by Crippen LogP contribution is 2.25. The second kappa shape index (κ2) is 7.47. The molecule has 1 N–H and O–H groups in total. The van der Waals surface area contributed by atoms with Crippen molar-refractivity contribution in [2.75, 3.05) is 11.5 Å². The van der Waals surface area contributed by atoms with Crippen LogP contribution in [-0.2, 0) is 21.1 Å². The molecule has 1 fully saturated rings. The zero-order valence-corrected chi connectivity index (χ0v) is 15.0. The minimum Gasteiger partial charge on any atom is -0.349 e. The molecule has 2 atom stereocenters. The Kier molecular flexibility index (Phi) is 5.84. The van der Waals surface area contributed by atoms with Gasteiger partial charge in [-0.25, -0.2) is 8.42 Å². The highest BCUT2D eigenvalue weighted by Gasteiger charge is 2.30. The molecule has 2 rings (SSSR count). The Bertz CT molecular complexity index is 635. The Morgan fingerprint density at radius 2 is 1.91 bits per heavy atom. The van der Waals surface area contributed by atoms with Gasteiger partial charge in [-0.1, -0.05) is 45.0 Å². The maximum Gasteiger partial charge on any atom is 0.220 e. The Morgan fingerprint density at radius 3 is 2.39 bits per heavy atom. The summed E-state index contributed by atoms with van der Waals surface area (Å²) >= 11 is 0. The number of hydrogen-bond acceptors (Lipinski definition) is 3. The summed E-state index contributed by atoms with van der Waals surface area (Å²) in [4.78, 5) is 12.3. The zero-order chi connectivity index (χ0) is 17.0. The van der Waals surface area contributed by atoms with Crippen LogP contribution in [0.25, 0.3) is 0 Å². The summed E-state index contributed by atoms with van der Waals surface area (Å²) in [5.41, 5.74) is 2.38. The molecule has 0 unspecified atom stereocenters. The van der Waals surface area contributed by atoms with Crippen LogP contribution in [0.3, 0.4) is 0 Å². The molecule has 0 aromatic heterocycles. The van der Waals surface area contributed by atoms with Crippen molar-refractivity contribution >= 4 is 15.7 Å². The van der Waals surface area contributed by atoms with Gasteiger partial charge in [0.1, 0.15) is 0 Å². The summed E-state index contributed by atoms with van der Waals surface area (Å²) < 4.78 is 23.0. The van der Waals surface area contributed by atoms with Gasteiger partial charge in [-0.05, 0) is 35.8 Å². The smallest absolute Gasteiger partial charge is 0.220 e. The summed E-state index contributed by atoms with van der Waals surface area (Å²) in [5, 5.41) is 3.09. The first-order valence-electron chi connectivity index (χ1n) is 8.39. The number of carbonyl (C=O) groups is 1. The van der Waals surface area contributed by atoms with Crippen LogP contribution in [0.15, 0.2) is 24.3 Å². The molecule has 1 aromatic carbocycles. The van der Waals surface area contributed by atoms with Gasteiger partial charge in [0.25, 0.3) is 0 Å². The molecular weight excluding hydrogens is 310 g/mol. The summed E-state index contributed by atoms with van der Waals surface area (Å²) in [6, 6.07) is 8.31. The molecule has 128 valence electrons. The minimum atomic E-state index is -2.93. The van der Waals surface area contributed by atoms with E-state index in [9.17, 15) is 13.2 Å². The molecule has 1 aliphatic rings. The van der Waals surface area contributed by atoms with E-state index in [1.165, 1.54) is 5.56 Å². The van der Waals surface area contributed by atoms with Crippen LogP contribution in [0.2, 0.25) is 0 Å². The number of hydrogen-bond donors (Lipinski definition) is 1. The summed E-state index contributed by atoms with van der Waals surface area (Å²) in [6.45, 7) is 6.28. The Balaban J connectivity index is 1.99. The van der Waals surface area contributed by atoms with Crippen LogP contribution < -0.4 is 5.32 Å². The van der Waals surface area contributed by atoms with E-state index < -0.39 is 9.84 Å². The normalized spacial score (nSPS) is 21.3. The van der Waals surface area contributed by atoms with Crippen LogP contribution in [0.4, 0.5) is 0 Å². The van der Waals surface area contributed by atoms with Crippen molar-refractivity contribution in [3.8, 4) is 0 Å². The number of aryl methyl sites for hydroxylation is 1. The van der Waals surface area contributed by atoms with Gasteiger partial charge >= 0.3 is 0 Å². The first-order chi connectivity index (χ1) is 10.8. The predicted octanol–water partition coefficient (Wildman–Crippen LogP) is 2.89. The van der Waals surface area contributed by atoms with E-state index in [1.807, 2.05) is 0 Å². The fourth-order valence-corrected chi connectivity index (χ4v) is 4.98. The molecule has 0 saturated carbocycles. The Labute approximate surface area is 139 Å². The number of sulfone groups is 1. The summed E-state index contributed by atoms with van der Waals surface area (Å²) in [5.74, 6) is 0.564. The van der Waals surface area contributed by atoms with E-state index in [0.717, 1.165) is 12.0 Å². The number of benzene rings is 1. The lowest BCUT2D eigenvalue weighted by Gasteiger charge is -2.24. The van der Waals surface area contributed by atoms with Crippen molar-refractivity contribution in [1.82, 2.24) is 5.32 Å². The molecule has 0 bridgehead atoms. The quantitative estimate of drug-likeness (QED) is 0.868. The van der Waals surface area contributed by atoms with Gasteiger partial charge in [-0.2, -0.15) is 0 Å². The lowest BCUT2D eigenvalue weighted by molar-refractivity contribution is -0.122. The van der Waals surface area contributed by atoms with E-state index >= 15 is 0 Å². The van der Waals surface area contributed by atoms with Crippen molar-refractivity contribution < 1.29 is 13.2 Å². The highest BCUT2D eigenvalue weighted by atomic mass is 32.2. The van der Waals surface area contributed by atoms with Crippen molar-refractivity contribution in [1.29, 1.82) is 0 Å². The molecule has 1 amide bonds. The molecular formula is C18H27NO3S. The van der Waals surface area contributed by atoms with Gasteiger partial charge in [0.2, 0.25) is 5.91 Å².